The molecule has 0 heterocycles. The van der Waals surface area contributed by atoms with Crippen LogP contribution in [-0.2, 0) is 6.54 Å². The van der Waals surface area contributed by atoms with Crippen LogP contribution in [-0.4, -0.2) is 11.9 Å². The molecule has 6 nitrogen and oxygen atoms in total. The highest BCUT2D eigenvalue weighted by atomic mass is 15.4. The molecule has 1 rings (SSSR count). The van der Waals surface area contributed by atoms with Crippen molar-refractivity contribution in [3.63, 3.8) is 0 Å². The van der Waals surface area contributed by atoms with E-state index in [1.54, 1.807) is 0 Å². The summed E-state index contributed by atoms with van der Waals surface area (Å²) in [6.45, 7) is 2.51. The predicted molar refractivity (Wildman–Crippen MR) is 65.5 cm³/mol. The smallest absolute Gasteiger partial charge is 0.209 e. The van der Waals surface area contributed by atoms with E-state index in [9.17, 15) is 0 Å². The molecule has 7 N–H and O–H groups in total. The van der Waals surface area contributed by atoms with E-state index in [1.807, 2.05) is 31.2 Å². The van der Waals surface area contributed by atoms with Gasteiger partial charge in [-0.25, -0.2) is 10.4 Å². The number of rotatable bonds is 3. The van der Waals surface area contributed by atoms with Gasteiger partial charge in [-0.2, -0.15) is 0 Å². The van der Waals surface area contributed by atoms with Gasteiger partial charge < -0.3 is 17.2 Å². The SMILES string of the molecule is Cc1ccc(CN=C(N)NN=C(N)N)cc1. The van der Waals surface area contributed by atoms with Crippen LogP contribution in [0.5, 0.6) is 0 Å². The van der Waals surface area contributed by atoms with Crippen molar-refractivity contribution >= 4 is 11.9 Å². The lowest BCUT2D eigenvalue weighted by molar-refractivity contribution is 0.951. The maximum absolute atomic E-state index is 5.52. The average molecular weight is 220 g/mol. The van der Waals surface area contributed by atoms with Crippen molar-refractivity contribution in [3.8, 4) is 0 Å². The second-order valence-corrected chi connectivity index (χ2v) is 3.34. The fraction of sp³-hybridized carbons (Fsp3) is 0.200. The molecule has 0 aromatic heterocycles. The molecule has 0 spiro atoms. The van der Waals surface area contributed by atoms with E-state index in [0.717, 1.165) is 5.56 Å². The zero-order valence-corrected chi connectivity index (χ0v) is 9.14. The molecule has 0 saturated carbocycles. The van der Waals surface area contributed by atoms with Crippen LogP contribution >= 0.6 is 0 Å². The minimum absolute atomic E-state index is 0.0894. The molecular weight excluding hydrogens is 204 g/mol. The molecule has 6 heteroatoms. The number of nitrogens with two attached hydrogens (primary N) is 3. The molecule has 0 aliphatic rings. The van der Waals surface area contributed by atoms with Gasteiger partial charge in [-0.15, -0.1) is 5.10 Å². The molecule has 0 amide bonds. The van der Waals surface area contributed by atoms with Gasteiger partial charge in [0.15, 0.2) is 0 Å². The summed E-state index contributed by atoms with van der Waals surface area (Å²) in [6.07, 6.45) is 0. The highest BCUT2D eigenvalue weighted by Crippen LogP contribution is 2.03. The number of hydrazone groups is 1. The number of benzene rings is 1. The van der Waals surface area contributed by atoms with E-state index in [1.165, 1.54) is 5.56 Å². The van der Waals surface area contributed by atoms with Crippen molar-refractivity contribution < 1.29 is 0 Å². The van der Waals surface area contributed by atoms with E-state index in [4.69, 9.17) is 17.2 Å². The van der Waals surface area contributed by atoms with Gasteiger partial charge in [0.25, 0.3) is 0 Å². The van der Waals surface area contributed by atoms with Crippen molar-refractivity contribution in [1.29, 1.82) is 0 Å². The standard InChI is InChI=1S/C10H16N6/c1-7-2-4-8(5-3-7)6-14-10(13)16-15-9(11)12/h2-5H,6H2,1H3,(H4,11,12,15)(H3,13,14,16). The molecule has 0 fully saturated rings. The van der Waals surface area contributed by atoms with Crippen LogP contribution in [0.15, 0.2) is 34.4 Å². The number of aryl methyl sites for hydroxylation is 1. The Labute approximate surface area is 94.2 Å². The molecule has 0 aliphatic heterocycles. The third-order valence-corrected chi connectivity index (χ3v) is 1.85. The molecular formula is C10H16N6. The monoisotopic (exact) mass is 220 g/mol. The third kappa shape index (κ3) is 4.32. The fourth-order valence-corrected chi connectivity index (χ4v) is 1.03. The first kappa shape index (κ1) is 11.8. The molecule has 0 aliphatic carbocycles. The van der Waals surface area contributed by atoms with Gasteiger partial charge in [-0.1, -0.05) is 29.8 Å². The zero-order valence-electron chi connectivity index (χ0n) is 9.14. The highest BCUT2D eigenvalue weighted by Gasteiger charge is 1.92. The Bertz CT molecular complexity index is 388. The summed E-state index contributed by atoms with van der Waals surface area (Å²) < 4.78 is 0. The van der Waals surface area contributed by atoms with Crippen LogP contribution in [0.25, 0.3) is 0 Å². The first-order chi connectivity index (χ1) is 7.58. The largest absolute Gasteiger partial charge is 0.369 e. The van der Waals surface area contributed by atoms with Gasteiger partial charge in [-0.05, 0) is 12.5 Å². The van der Waals surface area contributed by atoms with Gasteiger partial charge in [0.1, 0.15) is 0 Å². The van der Waals surface area contributed by atoms with E-state index in [-0.39, 0.29) is 11.9 Å². The molecule has 1 aromatic carbocycles. The average Bonchev–Trinajstić information content (AvgIpc) is 2.25. The maximum Gasteiger partial charge on any atom is 0.209 e. The number of hydrogen-bond acceptors (Lipinski definition) is 2. The number of nitrogens with one attached hydrogen (secondary N) is 1. The number of hydrogen-bond donors (Lipinski definition) is 4. The van der Waals surface area contributed by atoms with Gasteiger partial charge in [-0.3, -0.25) is 0 Å². The second kappa shape index (κ2) is 5.59. The van der Waals surface area contributed by atoms with Crippen molar-refractivity contribution in [1.82, 2.24) is 5.43 Å². The Hall–Kier alpha value is -2.24. The fourth-order valence-electron chi connectivity index (χ4n) is 1.03. The summed E-state index contributed by atoms with van der Waals surface area (Å²) in [5.41, 5.74) is 20.5. The van der Waals surface area contributed by atoms with Crippen molar-refractivity contribution in [2.75, 3.05) is 0 Å². The zero-order chi connectivity index (χ0) is 12.0. The van der Waals surface area contributed by atoms with E-state index in [2.05, 4.69) is 15.5 Å². The van der Waals surface area contributed by atoms with Crippen LogP contribution in [0.1, 0.15) is 11.1 Å². The van der Waals surface area contributed by atoms with Gasteiger partial charge >= 0.3 is 0 Å². The van der Waals surface area contributed by atoms with Crippen LogP contribution < -0.4 is 22.6 Å². The molecule has 16 heavy (non-hydrogen) atoms. The normalized spacial score (nSPS) is 10.9. The Kier molecular flexibility index (Phi) is 4.14. The van der Waals surface area contributed by atoms with Gasteiger partial charge in [0, 0.05) is 0 Å². The number of nitrogens with zero attached hydrogens (tertiary/aromatic N) is 2. The third-order valence-electron chi connectivity index (χ3n) is 1.85. The lowest BCUT2D eigenvalue weighted by Crippen LogP contribution is -2.33. The summed E-state index contributed by atoms with van der Waals surface area (Å²) in [6, 6.07) is 8.02. The number of aliphatic imine (C=N–C) groups is 1. The van der Waals surface area contributed by atoms with Crippen molar-refractivity contribution in [2.24, 2.45) is 27.3 Å². The van der Waals surface area contributed by atoms with Crippen LogP contribution in [0.3, 0.4) is 0 Å². The van der Waals surface area contributed by atoms with E-state index >= 15 is 0 Å². The summed E-state index contributed by atoms with van der Waals surface area (Å²) in [7, 11) is 0. The lowest BCUT2D eigenvalue weighted by atomic mass is 10.1. The molecule has 0 radical (unpaired) electrons. The van der Waals surface area contributed by atoms with Crippen LogP contribution in [0.2, 0.25) is 0 Å². The Morgan fingerprint density at radius 2 is 1.81 bits per heavy atom. The van der Waals surface area contributed by atoms with Crippen LogP contribution in [0.4, 0.5) is 0 Å². The Morgan fingerprint density at radius 3 is 2.38 bits per heavy atom. The first-order valence-electron chi connectivity index (χ1n) is 4.78. The minimum Gasteiger partial charge on any atom is -0.369 e. The second-order valence-electron chi connectivity index (χ2n) is 3.34. The molecule has 0 saturated heterocycles. The molecule has 0 unspecified atom stereocenters. The summed E-state index contributed by atoms with van der Waals surface area (Å²) in [4.78, 5) is 4.06. The number of guanidine groups is 2. The van der Waals surface area contributed by atoms with Crippen molar-refractivity contribution in [2.45, 2.75) is 13.5 Å². The predicted octanol–water partition coefficient (Wildman–Crippen LogP) is -0.412. The highest BCUT2D eigenvalue weighted by molar-refractivity contribution is 5.81. The van der Waals surface area contributed by atoms with Crippen LogP contribution in [0, 0.1) is 6.92 Å². The van der Waals surface area contributed by atoms with Crippen molar-refractivity contribution in [3.05, 3.63) is 35.4 Å². The summed E-state index contributed by atoms with van der Waals surface area (Å²) in [5, 5.41) is 3.52. The molecule has 0 bridgehead atoms. The quantitative estimate of drug-likeness (QED) is 0.315. The minimum atomic E-state index is -0.0894. The van der Waals surface area contributed by atoms with Gasteiger partial charge in [0.2, 0.25) is 11.9 Å². The maximum atomic E-state index is 5.52. The van der Waals surface area contributed by atoms with Gasteiger partial charge in [0.05, 0.1) is 6.54 Å². The first-order valence-corrected chi connectivity index (χ1v) is 4.78. The molecule has 1 aromatic rings. The Morgan fingerprint density at radius 1 is 1.19 bits per heavy atom. The summed E-state index contributed by atoms with van der Waals surface area (Å²) >= 11 is 0. The topological polar surface area (TPSA) is 115 Å². The Balaban J connectivity index is 2.52. The molecule has 0 atom stereocenters. The summed E-state index contributed by atoms with van der Waals surface area (Å²) in [5.74, 6) is 0.0856. The lowest BCUT2D eigenvalue weighted by Gasteiger charge is -2.01. The van der Waals surface area contributed by atoms with E-state index < -0.39 is 0 Å². The molecule has 86 valence electrons. The van der Waals surface area contributed by atoms with E-state index in [0.29, 0.717) is 6.54 Å².